The summed E-state index contributed by atoms with van der Waals surface area (Å²) >= 11 is 0. The van der Waals surface area contributed by atoms with Gasteiger partial charge in [-0.15, -0.1) is 0 Å². The van der Waals surface area contributed by atoms with E-state index in [9.17, 15) is 0 Å². The van der Waals surface area contributed by atoms with Gasteiger partial charge in [0.25, 0.3) is 0 Å². The monoisotopic (exact) mass is 261 g/mol. The maximum Gasteiger partial charge on any atom is 0.119 e. The van der Waals surface area contributed by atoms with E-state index in [1.165, 1.54) is 31.2 Å². The molecule has 1 aliphatic rings. The number of hydrogen-bond acceptors (Lipinski definition) is 2. The van der Waals surface area contributed by atoms with Gasteiger partial charge in [0.2, 0.25) is 0 Å². The van der Waals surface area contributed by atoms with E-state index in [1.54, 1.807) is 0 Å². The zero-order valence-corrected chi connectivity index (χ0v) is 12.5. The number of benzene rings is 1. The molecule has 0 aromatic heterocycles. The van der Waals surface area contributed by atoms with E-state index in [-0.39, 0.29) is 0 Å². The molecule has 1 aromatic carbocycles. The third-order valence-electron chi connectivity index (χ3n) is 4.31. The van der Waals surface area contributed by atoms with E-state index in [0.29, 0.717) is 12.1 Å². The molecule has 19 heavy (non-hydrogen) atoms. The van der Waals surface area contributed by atoms with Gasteiger partial charge in [-0.05, 0) is 57.2 Å². The van der Waals surface area contributed by atoms with Crippen molar-refractivity contribution in [3.8, 4) is 5.75 Å². The van der Waals surface area contributed by atoms with Crippen molar-refractivity contribution in [3.05, 3.63) is 29.8 Å². The molecule has 1 fully saturated rings. The molecule has 0 amide bonds. The SMILES string of the molecule is CCOc1ccc(C(C)N[C@@H](C)C2CCCC2)cc1. The van der Waals surface area contributed by atoms with Crippen molar-refractivity contribution in [2.24, 2.45) is 5.92 Å². The average Bonchev–Trinajstić information content (AvgIpc) is 2.94. The Morgan fingerprint density at radius 1 is 1.16 bits per heavy atom. The maximum atomic E-state index is 5.48. The molecule has 0 bridgehead atoms. The van der Waals surface area contributed by atoms with Gasteiger partial charge in [-0.25, -0.2) is 0 Å². The summed E-state index contributed by atoms with van der Waals surface area (Å²) in [6.45, 7) is 7.33. The molecule has 2 heteroatoms. The Kier molecular flexibility index (Phi) is 5.26. The first-order chi connectivity index (χ1) is 9.20. The van der Waals surface area contributed by atoms with Crippen molar-refractivity contribution in [1.82, 2.24) is 5.32 Å². The first kappa shape index (κ1) is 14.4. The van der Waals surface area contributed by atoms with Crippen LogP contribution < -0.4 is 10.1 Å². The molecule has 1 aromatic rings. The third kappa shape index (κ3) is 3.97. The lowest BCUT2D eigenvalue weighted by atomic mass is 9.98. The molecular weight excluding hydrogens is 234 g/mol. The molecular formula is C17H27NO. The number of hydrogen-bond donors (Lipinski definition) is 1. The van der Waals surface area contributed by atoms with Gasteiger partial charge in [0.1, 0.15) is 5.75 Å². The van der Waals surface area contributed by atoms with Gasteiger partial charge in [0, 0.05) is 12.1 Å². The second kappa shape index (κ2) is 6.95. The predicted octanol–water partition coefficient (Wildman–Crippen LogP) is 4.31. The van der Waals surface area contributed by atoms with Crippen LogP contribution in [0.15, 0.2) is 24.3 Å². The van der Waals surface area contributed by atoms with Crippen molar-refractivity contribution in [1.29, 1.82) is 0 Å². The molecule has 0 radical (unpaired) electrons. The van der Waals surface area contributed by atoms with Crippen LogP contribution >= 0.6 is 0 Å². The molecule has 1 aliphatic carbocycles. The highest BCUT2D eigenvalue weighted by molar-refractivity contribution is 5.29. The van der Waals surface area contributed by atoms with Gasteiger partial charge in [0.15, 0.2) is 0 Å². The molecule has 1 unspecified atom stereocenters. The second-order valence-corrected chi connectivity index (χ2v) is 5.72. The van der Waals surface area contributed by atoms with Gasteiger partial charge in [-0.2, -0.15) is 0 Å². The van der Waals surface area contributed by atoms with Crippen LogP contribution in [-0.2, 0) is 0 Å². The molecule has 1 saturated carbocycles. The topological polar surface area (TPSA) is 21.3 Å². The van der Waals surface area contributed by atoms with E-state index < -0.39 is 0 Å². The van der Waals surface area contributed by atoms with Crippen LogP contribution in [0, 0.1) is 5.92 Å². The van der Waals surface area contributed by atoms with Gasteiger partial charge in [0.05, 0.1) is 6.61 Å². The van der Waals surface area contributed by atoms with E-state index in [0.717, 1.165) is 18.3 Å². The van der Waals surface area contributed by atoms with Gasteiger partial charge >= 0.3 is 0 Å². The van der Waals surface area contributed by atoms with E-state index in [4.69, 9.17) is 4.74 Å². The summed E-state index contributed by atoms with van der Waals surface area (Å²) in [6.07, 6.45) is 5.61. The Labute approximate surface area is 117 Å². The first-order valence-electron chi connectivity index (χ1n) is 7.69. The lowest BCUT2D eigenvalue weighted by Gasteiger charge is -2.25. The average molecular weight is 261 g/mol. The normalized spacial score (nSPS) is 19.3. The quantitative estimate of drug-likeness (QED) is 0.823. The first-order valence-corrected chi connectivity index (χ1v) is 7.69. The summed E-state index contributed by atoms with van der Waals surface area (Å²) in [5.74, 6) is 1.83. The van der Waals surface area contributed by atoms with Crippen molar-refractivity contribution in [3.63, 3.8) is 0 Å². The lowest BCUT2D eigenvalue weighted by molar-refractivity contribution is 0.339. The van der Waals surface area contributed by atoms with Gasteiger partial charge in [-0.1, -0.05) is 25.0 Å². The highest BCUT2D eigenvalue weighted by atomic mass is 16.5. The van der Waals surface area contributed by atoms with Gasteiger partial charge in [-0.3, -0.25) is 0 Å². The van der Waals surface area contributed by atoms with Crippen LogP contribution in [0.4, 0.5) is 0 Å². The fourth-order valence-electron chi connectivity index (χ4n) is 3.10. The van der Waals surface area contributed by atoms with E-state index in [2.05, 4.69) is 43.4 Å². The number of rotatable bonds is 6. The Bertz CT molecular complexity index is 367. The largest absolute Gasteiger partial charge is 0.494 e. The third-order valence-corrected chi connectivity index (χ3v) is 4.31. The molecule has 0 aliphatic heterocycles. The molecule has 0 saturated heterocycles. The van der Waals surface area contributed by atoms with Crippen LogP contribution in [0.3, 0.4) is 0 Å². The molecule has 2 atom stereocenters. The standard InChI is InChI=1S/C17H27NO/c1-4-19-17-11-9-16(10-12-17)14(3)18-13(2)15-7-5-6-8-15/h9-15,18H,4-8H2,1-3H3/t13-,14?/m0/s1. The summed E-state index contributed by atoms with van der Waals surface area (Å²) in [5, 5.41) is 3.75. The zero-order valence-electron chi connectivity index (χ0n) is 12.5. The fourth-order valence-corrected chi connectivity index (χ4v) is 3.10. The molecule has 106 valence electrons. The molecule has 0 heterocycles. The summed E-state index contributed by atoms with van der Waals surface area (Å²) in [7, 11) is 0. The Hall–Kier alpha value is -1.02. The van der Waals surface area contributed by atoms with E-state index in [1.807, 2.05) is 6.92 Å². The highest BCUT2D eigenvalue weighted by Crippen LogP contribution is 2.29. The Morgan fingerprint density at radius 2 is 1.79 bits per heavy atom. The summed E-state index contributed by atoms with van der Waals surface area (Å²) in [6, 6.07) is 9.50. The van der Waals surface area contributed by atoms with Crippen LogP contribution in [0.1, 0.15) is 58.1 Å². The van der Waals surface area contributed by atoms with Crippen molar-refractivity contribution in [2.45, 2.75) is 58.5 Å². The minimum absolute atomic E-state index is 0.409. The highest BCUT2D eigenvalue weighted by Gasteiger charge is 2.22. The summed E-state index contributed by atoms with van der Waals surface area (Å²) < 4.78 is 5.48. The molecule has 2 nitrogen and oxygen atoms in total. The second-order valence-electron chi connectivity index (χ2n) is 5.72. The van der Waals surface area contributed by atoms with Crippen molar-refractivity contribution in [2.75, 3.05) is 6.61 Å². The van der Waals surface area contributed by atoms with E-state index >= 15 is 0 Å². The van der Waals surface area contributed by atoms with Crippen LogP contribution in [-0.4, -0.2) is 12.6 Å². The van der Waals surface area contributed by atoms with Crippen molar-refractivity contribution >= 4 is 0 Å². The van der Waals surface area contributed by atoms with Gasteiger partial charge < -0.3 is 10.1 Å². The zero-order chi connectivity index (χ0) is 13.7. The van der Waals surface area contributed by atoms with Crippen molar-refractivity contribution < 1.29 is 4.74 Å². The van der Waals surface area contributed by atoms with Crippen LogP contribution in [0.5, 0.6) is 5.75 Å². The molecule has 2 rings (SSSR count). The maximum absolute atomic E-state index is 5.48. The molecule has 0 spiro atoms. The smallest absolute Gasteiger partial charge is 0.119 e. The minimum Gasteiger partial charge on any atom is -0.494 e. The van der Waals surface area contributed by atoms with Crippen LogP contribution in [0.2, 0.25) is 0 Å². The fraction of sp³-hybridized carbons (Fsp3) is 0.647. The van der Waals surface area contributed by atoms with Crippen LogP contribution in [0.25, 0.3) is 0 Å². The molecule has 1 N–H and O–H groups in total. The lowest BCUT2D eigenvalue weighted by Crippen LogP contribution is -2.34. The summed E-state index contributed by atoms with van der Waals surface area (Å²) in [4.78, 5) is 0. The summed E-state index contributed by atoms with van der Waals surface area (Å²) in [5.41, 5.74) is 1.34. The predicted molar refractivity (Wildman–Crippen MR) is 80.6 cm³/mol. The Balaban J connectivity index is 1.89. The Morgan fingerprint density at radius 3 is 2.37 bits per heavy atom. The minimum atomic E-state index is 0.409. The number of nitrogens with one attached hydrogen (secondary N) is 1. The number of ether oxygens (including phenoxy) is 1.